The molecule has 0 aromatic carbocycles. The van der Waals surface area contributed by atoms with Crippen molar-refractivity contribution in [3.63, 3.8) is 0 Å². The molecule has 0 unspecified atom stereocenters. The van der Waals surface area contributed by atoms with E-state index in [-0.39, 0.29) is 0 Å². The Kier molecular flexibility index (Phi) is 16.1. The molecule has 0 saturated heterocycles. The van der Waals surface area contributed by atoms with E-state index < -0.39 is 0 Å². The van der Waals surface area contributed by atoms with Crippen molar-refractivity contribution >= 4 is 52.4 Å². The van der Waals surface area contributed by atoms with Gasteiger partial charge in [-0.15, -0.1) is 10.2 Å². The number of unbranched alkanes of at least 4 members (excludes halogenated alkanes) is 10. The van der Waals surface area contributed by atoms with Gasteiger partial charge in [-0.25, -0.2) is 3.71 Å². The maximum absolute atomic E-state index is 5.66. The normalized spacial score (nSPS) is 11.0. The van der Waals surface area contributed by atoms with Crippen LogP contribution in [0.2, 0.25) is 0 Å². The van der Waals surface area contributed by atoms with Crippen molar-refractivity contribution in [2.75, 3.05) is 11.5 Å². The molecule has 1 rings (SSSR count). The standard InChI is InChI=1S/C19H35N3S4/c1-3-5-7-9-11-13-15-25-22(19(23)18-21-20-17-24-18)26-16-14-12-10-8-6-4-2/h17H,3-16H2,1-2H3. The van der Waals surface area contributed by atoms with E-state index in [0.717, 1.165) is 21.5 Å². The number of nitrogens with zero attached hydrogens (tertiary/aromatic N) is 3. The summed E-state index contributed by atoms with van der Waals surface area (Å²) in [5.41, 5.74) is 1.76. The largest absolute Gasteiger partial charge is 0.245 e. The fraction of sp³-hybridized carbons (Fsp3) is 0.842. The predicted octanol–water partition coefficient (Wildman–Crippen LogP) is 7.53. The zero-order valence-electron chi connectivity index (χ0n) is 16.5. The van der Waals surface area contributed by atoms with Gasteiger partial charge in [0.2, 0.25) is 0 Å². The smallest absolute Gasteiger partial charge is 0.176 e. The summed E-state index contributed by atoms with van der Waals surface area (Å²) in [5.74, 6) is 2.27. The Morgan fingerprint density at radius 2 is 1.38 bits per heavy atom. The zero-order valence-corrected chi connectivity index (χ0v) is 19.7. The monoisotopic (exact) mass is 433 g/mol. The van der Waals surface area contributed by atoms with Crippen LogP contribution in [0.5, 0.6) is 0 Å². The Morgan fingerprint density at radius 1 is 0.885 bits per heavy atom. The topological polar surface area (TPSA) is 29.0 Å². The molecule has 0 N–H and O–H groups in total. The van der Waals surface area contributed by atoms with Crippen molar-refractivity contribution in [3.8, 4) is 0 Å². The van der Waals surface area contributed by atoms with E-state index in [1.54, 1.807) is 5.51 Å². The first kappa shape index (κ1) is 24.2. The Bertz CT molecular complexity index is 422. The van der Waals surface area contributed by atoms with Crippen LogP contribution in [-0.4, -0.2) is 30.4 Å². The van der Waals surface area contributed by atoms with Gasteiger partial charge in [0.1, 0.15) is 5.51 Å². The van der Waals surface area contributed by atoms with Gasteiger partial charge in [-0.1, -0.05) is 102 Å². The number of thiocarbonyl (C=S) groups is 1. The van der Waals surface area contributed by atoms with Gasteiger partial charge in [-0.3, -0.25) is 0 Å². The number of rotatable bonds is 17. The summed E-state index contributed by atoms with van der Waals surface area (Å²) in [4.78, 5) is 0.833. The molecule has 0 spiro atoms. The van der Waals surface area contributed by atoms with E-state index in [0.29, 0.717) is 0 Å². The fourth-order valence-corrected chi connectivity index (χ4v) is 5.81. The summed E-state index contributed by atoms with van der Waals surface area (Å²) in [6.07, 6.45) is 16.0. The molecule has 0 atom stereocenters. The molecule has 3 nitrogen and oxygen atoms in total. The van der Waals surface area contributed by atoms with Gasteiger partial charge in [0, 0.05) is 11.5 Å². The van der Waals surface area contributed by atoms with Crippen LogP contribution in [-0.2, 0) is 0 Å². The van der Waals surface area contributed by atoms with Crippen molar-refractivity contribution in [2.24, 2.45) is 0 Å². The van der Waals surface area contributed by atoms with Crippen LogP contribution in [0.25, 0.3) is 0 Å². The number of hydrogen-bond acceptors (Lipinski definition) is 6. The molecule has 26 heavy (non-hydrogen) atoms. The van der Waals surface area contributed by atoms with Gasteiger partial charge in [-0.2, -0.15) is 0 Å². The zero-order chi connectivity index (χ0) is 18.9. The van der Waals surface area contributed by atoms with Crippen LogP contribution in [0.15, 0.2) is 5.51 Å². The molecule has 0 saturated carbocycles. The first-order chi connectivity index (χ1) is 12.8. The minimum atomic E-state index is 0.833. The molecular weight excluding hydrogens is 398 g/mol. The molecule has 1 aromatic heterocycles. The quantitative estimate of drug-likeness (QED) is 0.143. The van der Waals surface area contributed by atoms with Crippen molar-refractivity contribution in [2.45, 2.75) is 90.9 Å². The Labute approximate surface area is 178 Å². The van der Waals surface area contributed by atoms with Crippen LogP contribution in [0.3, 0.4) is 0 Å². The molecule has 0 amide bonds. The fourth-order valence-electron chi connectivity index (χ4n) is 2.56. The van der Waals surface area contributed by atoms with E-state index in [2.05, 4.69) is 27.8 Å². The maximum Gasteiger partial charge on any atom is 0.176 e. The SMILES string of the molecule is CCCCCCCCSN(SCCCCCCCC)C(=S)c1nncs1. The summed E-state index contributed by atoms with van der Waals surface area (Å²) in [6.45, 7) is 4.53. The van der Waals surface area contributed by atoms with Gasteiger partial charge in [0.25, 0.3) is 0 Å². The van der Waals surface area contributed by atoms with Crippen molar-refractivity contribution in [3.05, 3.63) is 10.5 Å². The Hall–Kier alpha value is 0.150. The molecule has 150 valence electrons. The average Bonchev–Trinajstić information content (AvgIpc) is 3.19. The van der Waals surface area contributed by atoms with Crippen molar-refractivity contribution in [1.82, 2.24) is 13.9 Å². The first-order valence-corrected chi connectivity index (χ1v) is 13.3. The van der Waals surface area contributed by atoms with E-state index in [9.17, 15) is 0 Å². The molecule has 7 heteroatoms. The molecule has 0 aliphatic heterocycles. The van der Waals surface area contributed by atoms with Gasteiger partial charge in [0.15, 0.2) is 10.00 Å². The van der Waals surface area contributed by atoms with E-state index >= 15 is 0 Å². The van der Waals surface area contributed by atoms with E-state index in [1.165, 1.54) is 88.4 Å². The van der Waals surface area contributed by atoms with Crippen LogP contribution in [0.4, 0.5) is 0 Å². The molecular formula is C19H35N3S4. The average molecular weight is 434 g/mol. The third-order valence-corrected chi connectivity index (χ3v) is 7.97. The molecule has 1 heterocycles. The lowest BCUT2D eigenvalue weighted by Gasteiger charge is -2.21. The summed E-state index contributed by atoms with van der Waals surface area (Å²) in [5, 5.41) is 8.96. The van der Waals surface area contributed by atoms with Gasteiger partial charge < -0.3 is 0 Å². The van der Waals surface area contributed by atoms with Crippen LogP contribution < -0.4 is 0 Å². The molecule has 1 aromatic rings. The minimum absolute atomic E-state index is 0.833. The lowest BCUT2D eigenvalue weighted by molar-refractivity contribution is 0.626. The lowest BCUT2D eigenvalue weighted by atomic mass is 10.1. The van der Waals surface area contributed by atoms with Gasteiger partial charge in [-0.05, 0) is 36.7 Å². The highest BCUT2D eigenvalue weighted by Gasteiger charge is 2.16. The van der Waals surface area contributed by atoms with E-state index in [4.69, 9.17) is 12.2 Å². The third-order valence-electron chi connectivity index (χ3n) is 4.12. The third kappa shape index (κ3) is 11.8. The summed E-state index contributed by atoms with van der Waals surface area (Å²) >= 11 is 10.9. The van der Waals surface area contributed by atoms with Crippen LogP contribution in [0.1, 0.15) is 95.9 Å². The van der Waals surface area contributed by atoms with Gasteiger partial charge in [0.05, 0.1) is 0 Å². The molecule has 0 aliphatic rings. The highest BCUT2D eigenvalue weighted by molar-refractivity contribution is 8.13. The summed E-state index contributed by atoms with van der Waals surface area (Å²) in [7, 11) is 0. The van der Waals surface area contributed by atoms with Crippen LogP contribution >= 0.6 is 47.5 Å². The summed E-state index contributed by atoms with van der Waals surface area (Å²) in [6, 6.07) is 0. The second-order valence-electron chi connectivity index (χ2n) is 6.51. The minimum Gasteiger partial charge on any atom is -0.245 e. The predicted molar refractivity (Wildman–Crippen MR) is 125 cm³/mol. The maximum atomic E-state index is 5.66. The van der Waals surface area contributed by atoms with Gasteiger partial charge >= 0.3 is 0 Å². The van der Waals surface area contributed by atoms with E-state index in [1.807, 2.05) is 23.9 Å². The number of hydrogen-bond donors (Lipinski definition) is 0. The highest BCUT2D eigenvalue weighted by Crippen LogP contribution is 2.28. The van der Waals surface area contributed by atoms with Crippen molar-refractivity contribution < 1.29 is 0 Å². The number of aromatic nitrogens is 2. The van der Waals surface area contributed by atoms with Crippen LogP contribution in [0, 0.1) is 0 Å². The second-order valence-corrected chi connectivity index (χ2v) is 10.0. The Morgan fingerprint density at radius 3 is 1.85 bits per heavy atom. The lowest BCUT2D eigenvalue weighted by Crippen LogP contribution is -2.17. The molecule has 0 bridgehead atoms. The molecule has 0 radical (unpaired) electrons. The van der Waals surface area contributed by atoms with Crippen molar-refractivity contribution in [1.29, 1.82) is 0 Å². The summed E-state index contributed by atoms with van der Waals surface area (Å²) < 4.78 is 2.22. The first-order valence-electron chi connectivity index (χ1n) is 10.2. The molecule has 0 fully saturated rings. The molecule has 0 aliphatic carbocycles. The Balaban J connectivity index is 2.27. The highest BCUT2D eigenvalue weighted by atomic mass is 32.2. The second kappa shape index (κ2) is 17.3.